The summed E-state index contributed by atoms with van der Waals surface area (Å²) in [5.41, 5.74) is 0.419. The van der Waals surface area contributed by atoms with Crippen LogP contribution in [-0.2, 0) is 11.3 Å². The van der Waals surface area contributed by atoms with E-state index in [0.717, 1.165) is 55.9 Å². The van der Waals surface area contributed by atoms with E-state index in [1.165, 1.54) is 44.2 Å². The number of rotatable bonds is 6. The van der Waals surface area contributed by atoms with Crippen LogP contribution >= 0.6 is 11.8 Å². The normalized spacial score (nSPS) is 34.6. The molecule has 39 heavy (non-hydrogen) atoms. The van der Waals surface area contributed by atoms with E-state index in [1.807, 2.05) is 4.90 Å². The summed E-state index contributed by atoms with van der Waals surface area (Å²) >= 11 is 1.58. The summed E-state index contributed by atoms with van der Waals surface area (Å²) in [6.45, 7) is 4.34. The standard InChI is InChI=1S/C30H37F2N5OS/c31-24-3-2-21(26(32)15-24)17-37-18-25(39-30-33-4-1-5-34-30)16-27(37)29(38)36-8-6-35(7-9-36)28-22-11-19-10-20(13-22)14-23(28)12-19/h1-5,15,19-20,22-23,25,27-28H,6-14,16-18H2/t19?,20?,22?,23?,25-,27-,28?/m0/s1. The van der Waals surface area contributed by atoms with Crippen LogP contribution in [0, 0.1) is 35.3 Å². The van der Waals surface area contributed by atoms with Gasteiger partial charge in [-0.3, -0.25) is 14.6 Å². The first kappa shape index (κ1) is 25.8. The molecule has 0 radical (unpaired) electrons. The fraction of sp³-hybridized carbons (Fsp3) is 0.633. The Morgan fingerprint density at radius 3 is 2.28 bits per heavy atom. The third-order valence-corrected chi connectivity index (χ3v) is 11.2. The Bertz CT molecular complexity index is 1170. The molecule has 2 aliphatic heterocycles. The minimum absolute atomic E-state index is 0.124. The van der Waals surface area contributed by atoms with Gasteiger partial charge in [-0.2, -0.15) is 0 Å². The largest absolute Gasteiger partial charge is 0.339 e. The first-order valence-corrected chi connectivity index (χ1v) is 15.5. The van der Waals surface area contributed by atoms with Crippen LogP contribution in [0.5, 0.6) is 0 Å². The van der Waals surface area contributed by atoms with Crippen LogP contribution in [0.2, 0.25) is 0 Å². The van der Waals surface area contributed by atoms with Crippen molar-refractivity contribution < 1.29 is 13.6 Å². The van der Waals surface area contributed by atoms with Gasteiger partial charge in [0.1, 0.15) is 11.6 Å². The van der Waals surface area contributed by atoms with Gasteiger partial charge in [0.2, 0.25) is 5.91 Å². The molecule has 2 saturated heterocycles. The van der Waals surface area contributed by atoms with E-state index in [-0.39, 0.29) is 23.7 Å². The molecule has 6 nitrogen and oxygen atoms in total. The number of nitrogens with zero attached hydrogens (tertiary/aromatic N) is 5. The highest BCUT2D eigenvalue weighted by molar-refractivity contribution is 7.99. The van der Waals surface area contributed by atoms with Crippen LogP contribution < -0.4 is 0 Å². The highest BCUT2D eigenvalue weighted by Crippen LogP contribution is 2.55. The molecule has 4 bridgehead atoms. The van der Waals surface area contributed by atoms with Crippen molar-refractivity contribution in [3.8, 4) is 0 Å². The summed E-state index contributed by atoms with van der Waals surface area (Å²) in [4.78, 5) is 29.5. The molecular formula is C30H37F2N5OS. The third kappa shape index (κ3) is 5.22. The number of carbonyl (C=O) groups excluding carboxylic acids is 1. The Hall–Kier alpha value is -2.10. The summed E-state index contributed by atoms with van der Waals surface area (Å²) in [6.07, 6.45) is 11.2. The average molecular weight is 554 g/mol. The van der Waals surface area contributed by atoms with Gasteiger partial charge in [0.15, 0.2) is 5.16 Å². The average Bonchev–Trinajstić information content (AvgIpc) is 3.32. The van der Waals surface area contributed by atoms with Gasteiger partial charge in [0.25, 0.3) is 0 Å². The molecule has 3 heterocycles. The van der Waals surface area contributed by atoms with E-state index in [9.17, 15) is 13.6 Å². The number of hydrogen-bond acceptors (Lipinski definition) is 6. The number of benzene rings is 1. The number of piperazine rings is 1. The Labute approximate surface area is 233 Å². The zero-order valence-corrected chi connectivity index (χ0v) is 23.1. The minimum Gasteiger partial charge on any atom is -0.339 e. The molecule has 9 heteroatoms. The second-order valence-corrected chi connectivity index (χ2v) is 13.7. The Kier molecular flexibility index (Phi) is 7.10. The zero-order valence-electron chi connectivity index (χ0n) is 22.3. The highest BCUT2D eigenvalue weighted by atomic mass is 32.2. The summed E-state index contributed by atoms with van der Waals surface area (Å²) in [5, 5.41) is 0.812. The minimum atomic E-state index is -0.586. The maximum absolute atomic E-state index is 14.6. The molecule has 208 valence electrons. The molecule has 1 aromatic carbocycles. The van der Waals surface area contributed by atoms with Gasteiger partial charge in [-0.1, -0.05) is 17.8 Å². The molecule has 6 aliphatic rings. The van der Waals surface area contributed by atoms with Crippen molar-refractivity contribution in [1.82, 2.24) is 24.7 Å². The predicted molar refractivity (Wildman–Crippen MR) is 146 cm³/mol. The van der Waals surface area contributed by atoms with E-state index in [1.54, 1.807) is 30.2 Å². The quantitative estimate of drug-likeness (QED) is 0.493. The van der Waals surface area contributed by atoms with Crippen molar-refractivity contribution in [2.45, 2.75) is 67.6 Å². The van der Waals surface area contributed by atoms with Gasteiger partial charge < -0.3 is 4.90 Å². The first-order chi connectivity index (χ1) is 19.0. The SMILES string of the molecule is O=C([C@@H]1C[C@H](Sc2ncccn2)CN1Cc1ccc(F)cc1F)N1CCN(C2C3CC4CC(C3)CC2C4)CC1. The lowest BCUT2D eigenvalue weighted by molar-refractivity contribution is -0.140. The lowest BCUT2D eigenvalue weighted by Crippen LogP contribution is -2.61. The molecule has 1 aromatic heterocycles. The Balaban J connectivity index is 1.03. The van der Waals surface area contributed by atoms with Crippen LogP contribution in [-0.4, -0.2) is 80.6 Å². The van der Waals surface area contributed by atoms with Crippen molar-refractivity contribution in [3.63, 3.8) is 0 Å². The number of hydrogen-bond donors (Lipinski definition) is 0. The smallest absolute Gasteiger partial charge is 0.240 e. The Morgan fingerprint density at radius 2 is 1.62 bits per heavy atom. The molecule has 4 saturated carbocycles. The van der Waals surface area contributed by atoms with Gasteiger partial charge in [-0.15, -0.1) is 0 Å². The maximum atomic E-state index is 14.6. The van der Waals surface area contributed by atoms with Crippen molar-refractivity contribution in [2.75, 3.05) is 32.7 Å². The summed E-state index contributed by atoms with van der Waals surface area (Å²) in [5.74, 6) is 2.65. The maximum Gasteiger partial charge on any atom is 0.240 e. The fourth-order valence-electron chi connectivity index (χ4n) is 8.69. The van der Waals surface area contributed by atoms with Gasteiger partial charge in [-0.25, -0.2) is 18.7 Å². The van der Waals surface area contributed by atoms with Crippen molar-refractivity contribution >= 4 is 17.7 Å². The summed E-state index contributed by atoms with van der Waals surface area (Å²) in [7, 11) is 0. The van der Waals surface area contributed by atoms with E-state index in [4.69, 9.17) is 0 Å². The molecular weight excluding hydrogens is 516 g/mol. The second-order valence-electron chi connectivity index (χ2n) is 12.5. The monoisotopic (exact) mass is 553 g/mol. The number of halogens is 2. The molecule has 0 N–H and O–H groups in total. The van der Waals surface area contributed by atoms with E-state index < -0.39 is 11.6 Å². The van der Waals surface area contributed by atoms with Crippen LogP contribution in [0.1, 0.15) is 44.1 Å². The molecule has 8 rings (SSSR count). The van der Waals surface area contributed by atoms with Gasteiger partial charge in [-0.05, 0) is 74.3 Å². The highest BCUT2D eigenvalue weighted by Gasteiger charge is 2.50. The van der Waals surface area contributed by atoms with Crippen LogP contribution in [0.15, 0.2) is 41.8 Å². The predicted octanol–water partition coefficient (Wildman–Crippen LogP) is 4.46. The Morgan fingerprint density at radius 1 is 0.923 bits per heavy atom. The number of thioether (sulfide) groups is 1. The third-order valence-electron chi connectivity index (χ3n) is 10.1. The van der Waals surface area contributed by atoms with Crippen molar-refractivity contribution in [3.05, 3.63) is 53.9 Å². The molecule has 1 amide bonds. The molecule has 4 aliphatic carbocycles. The number of aromatic nitrogens is 2. The van der Waals surface area contributed by atoms with E-state index in [0.29, 0.717) is 29.7 Å². The van der Waals surface area contributed by atoms with Crippen LogP contribution in [0.3, 0.4) is 0 Å². The van der Waals surface area contributed by atoms with Crippen molar-refractivity contribution in [2.24, 2.45) is 23.7 Å². The number of likely N-dealkylation sites (tertiary alicyclic amines) is 1. The molecule has 6 fully saturated rings. The van der Waals surface area contributed by atoms with Gasteiger partial charge >= 0.3 is 0 Å². The second kappa shape index (κ2) is 10.7. The van der Waals surface area contributed by atoms with Gasteiger partial charge in [0, 0.05) is 74.6 Å². The lowest BCUT2D eigenvalue weighted by atomic mass is 9.54. The van der Waals surface area contributed by atoms with Gasteiger partial charge in [0.05, 0.1) is 6.04 Å². The van der Waals surface area contributed by atoms with E-state index >= 15 is 0 Å². The zero-order chi connectivity index (χ0) is 26.5. The van der Waals surface area contributed by atoms with Crippen molar-refractivity contribution in [1.29, 1.82) is 0 Å². The molecule has 0 spiro atoms. The molecule has 2 atom stereocenters. The first-order valence-electron chi connectivity index (χ1n) is 14.6. The fourth-order valence-corrected chi connectivity index (χ4v) is 9.77. The topological polar surface area (TPSA) is 52.6 Å². The number of carbonyl (C=O) groups is 1. The lowest BCUT2D eigenvalue weighted by Gasteiger charge is -2.58. The molecule has 0 unspecified atom stereocenters. The van der Waals surface area contributed by atoms with E-state index in [2.05, 4.69) is 19.8 Å². The molecule has 2 aromatic rings. The van der Waals surface area contributed by atoms with Crippen LogP contribution in [0.4, 0.5) is 8.78 Å². The summed E-state index contributed by atoms with van der Waals surface area (Å²) < 4.78 is 28.1. The number of amides is 1. The summed E-state index contributed by atoms with van der Waals surface area (Å²) in [6, 6.07) is 5.89. The van der Waals surface area contributed by atoms with Crippen LogP contribution in [0.25, 0.3) is 0 Å².